The molecule has 1 atom stereocenters. The van der Waals surface area contributed by atoms with E-state index in [0.717, 1.165) is 29.7 Å². The van der Waals surface area contributed by atoms with E-state index in [2.05, 4.69) is 20.3 Å². The van der Waals surface area contributed by atoms with Gasteiger partial charge in [0.1, 0.15) is 17.5 Å². The minimum Gasteiger partial charge on any atom is -0.363 e. The van der Waals surface area contributed by atoms with Crippen molar-refractivity contribution in [2.45, 2.75) is 32.2 Å². The predicted octanol–water partition coefficient (Wildman–Crippen LogP) is 3.63. The lowest BCUT2D eigenvalue weighted by molar-refractivity contribution is 0.624. The van der Waals surface area contributed by atoms with Crippen molar-refractivity contribution in [2.75, 3.05) is 5.32 Å². The van der Waals surface area contributed by atoms with Crippen LogP contribution in [0.15, 0.2) is 47.4 Å². The van der Waals surface area contributed by atoms with Crippen LogP contribution in [0.5, 0.6) is 0 Å². The second-order valence-corrected chi connectivity index (χ2v) is 6.45. The first kappa shape index (κ1) is 16.4. The number of benzene rings is 1. The molecule has 1 aromatic carbocycles. The maximum Gasteiger partial charge on any atom is 0.251 e. The molecule has 0 bridgehead atoms. The van der Waals surface area contributed by atoms with Crippen LogP contribution in [0, 0.1) is 5.82 Å². The molecule has 5 nitrogen and oxygen atoms in total. The van der Waals surface area contributed by atoms with Crippen molar-refractivity contribution in [3.8, 4) is 11.4 Å². The second-order valence-electron chi connectivity index (χ2n) is 6.45. The number of aromatic amines is 1. The highest BCUT2D eigenvalue weighted by Crippen LogP contribution is 2.34. The summed E-state index contributed by atoms with van der Waals surface area (Å²) in [6.45, 7) is 1.96. The quantitative estimate of drug-likeness (QED) is 0.754. The number of pyridine rings is 1. The SMILES string of the molecule is CCc1cc(=O)[nH]c(-c2ccc(NC3CCc4ccc(F)cc43)nc2)n1. The third kappa shape index (κ3) is 3.22. The van der Waals surface area contributed by atoms with E-state index in [9.17, 15) is 9.18 Å². The van der Waals surface area contributed by atoms with E-state index >= 15 is 0 Å². The number of nitrogens with one attached hydrogen (secondary N) is 2. The van der Waals surface area contributed by atoms with Crippen LogP contribution in [0.1, 0.15) is 36.2 Å². The molecule has 0 radical (unpaired) electrons. The van der Waals surface area contributed by atoms with E-state index in [-0.39, 0.29) is 17.4 Å². The summed E-state index contributed by atoms with van der Waals surface area (Å²) in [5.74, 6) is 1.01. The Morgan fingerprint density at radius 2 is 2.15 bits per heavy atom. The fourth-order valence-corrected chi connectivity index (χ4v) is 3.35. The lowest BCUT2D eigenvalue weighted by Crippen LogP contribution is -2.11. The highest BCUT2D eigenvalue weighted by atomic mass is 19.1. The molecular formula is C20H19FN4O. The fraction of sp³-hybridized carbons (Fsp3) is 0.250. The molecule has 1 aliphatic carbocycles. The Morgan fingerprint density at radius 1 is 1.27 bits per heavy atom. The molecule has 0 saturated carbocycles. The van der Waals surface area contributed by atoms with Gasteiger partial charge in [-0.05, 0) is 54.7 Å². The van der Waals surface area contributed by atoms with Crippen molar-refractivity contribution in [3.05, 3.63) is 75.6 Å². The van der Waals surface area contributed by atoms with Crippen LogP contribution in [0.25, 0.3) is 11.4 Å². The molecular weight excluding hydrogens is 331 g/mol. The van der Waals surface area contributed by atoms with Crippen molar-refractivity contribution >= 4 is 5.82 Å². The number of nitrogens with zero attached hydrogens (tertiary/aromatic N) is 2. The van der Waals surface area contributed by atoms with Gasteiger partial charge in [-0.2, -0.15) is 0 Å². The molecule has 2 N–H and O–H groups in total. The van der Waals surface area contributed by atoms with Crippen LogP contribution in [0.3, 0.4) is 0 Å². The Hall–Kier alpha value is -3.02. The van der Waals surface area contributed by atoms with Crippen LogP contribution in [0.4, 0.5) is 10.2 Å². The number of anilines is 1. The molecule has 0 aliphatic heterocycles. The molecule has 1 unspecified atom stereocenters. The summed E-state index contributed by atoms with van der Waals surface area (Å²) in [5.41, 5.74) is 3.51. The van der Waals surface area contributed by atoms with E-state index in [1.54, 1.807) is 12.3 Å². The molecule has 132 valence electrons. The molecule has 2 heterocycles. The molecule has 0 saturated heterocycles. The first-order chi connectivity index (χ1) is 12.6. The molecule has 1 aliphatic rings. The van der Waals surface area contributed by atoms with E-state index in [4.69, 9.17) is 0 Å². The Balaban J connectivity index is 1.55. The normalized spacial score (nSPS) is 15.7. The van der Waals surface area contributed by atoms with Gasteiger partial charge in [-0.25, -0.2) is 14.4 Å². The molecule has 0 fully saturated rings. The standard InChI is InChI=1S/C20H19FN4O/c1-2-15-10-19(26)25-20(23-15)13-5-8-18(22-11-13)24-17-7-4-12-3-6-14(21)9-16(12)17/h3,5-6,8-11,17H,2,4,7H2,1H3,(H,22,24)(H,23,25,26). The number of aryl methyl sites for hydroxylation is 2. The summed E-state index contributed by atoms with van der Waals surface area (Å²) in [6.07, 6.45) is 4.22. The average molecular weight is 350 g/mol. The zero-order valence-electron chi connectivity index (χ0n) is 14.4. The van der Waals surface area contributed by atoms with E-state index < -0.39 is 0 Å². The number of aromatic nitrogens is 3. The van der Waals surface area contributed by atoms with Crippen LogP contribution in [-0.2, 0) is 12.8 Å². The lowest BCUT2D eigenvalue weighted by Gasteiger charge is -2.15. The number of fused-ring (bicyclic) bond motifs is 1. The average Bonchev–Trinajstić information content (AvgIpc) is 3.04. The number of H-pyrrole nitrogens is 1. The Labute approximate surface area is 150 Å². The Kier molecular flexibility index (Phi) is 4.24. The maximum absolute atomic E-state index is 13.5. The topological polar surface area (TPSA) is 70.7 Å². The molecule has 26 heavy (non-hydrogen) atoms. The summed E-state index contributed by atoms with van der Waals surface area (Å²) in [7, 11) is 0. The highest BCUT2D eigenvalue weighted by Gasteiger charge is 2.23. The third-order valence-electron chi connectivity index (χ3n) is 4.70. The summed E-state index contributed by atoms with van der Waals surface area (Å²) in [4.78, 5) is 23.3. The number of rotatable bonds is 4. The minimum atomic E-state index is -0.216. The predicted molar refractivity (Wildman–Crippen MR) is 98.6 cm³/mol. The number of hydrogen-bond donors (Lipinski definition) is 2. The van der Waals surface area contributed by atoms with E-state index in [0.29, 0.717) is 18.1 Å². The maximum atomic E-state index is 13.5. The van der Waals surface area contributed by atoms with Crippen LogP contribution in [0.2, 0.25) is 0 Å². The van der Waals surface area contributed by atoms with Crippen molar-refractivity contribution in [2.24, 2.45) is 0 Å². The van der Waals surface area contributed by atoms with Gasteiger partial charge in [0.05, 0.1) is 6.04 Å². The van der Waals surface area contributed by atoms with Crippen LogP contribution in [-0.4, -0.2) is 15.0 Å². The molecule has 4 rings (SSSR count). The van der Waals surface area contributed by atoms with Crippen molar-refractivity contribution in [3.63, 3.8) is 0 Å². The number of hydrogen-bond acceptors (Lipinski definition) is 4. The molecule has 0 spiro atoms. The zero-order chi connectivity index (χ0) is 18.1. The van der Waals surface area contributed by atoms with Gasteiger partial charge in [0.15, 0.2) is 0 Å². The first-order valence-corrected chi connectivity index (χ1v) is 8.74. The first-order valence-electron chi connectivity index (χ1n) is 8.74. The van der Waals surface area contributed by atoms with Gasteiger partial charge in [-0.1, -0.05) is 13.0 Å². The van der Waals surface area contributed by atoms with Crippen molar-refractivity contribution < 1.29 is 4.39 Å². The van der Waals surface area contributed by atoms with Gasteiger partial charge in [0.25, 0.3) is 5.56 Å². The monoisotopic (exact) mass is 350 g/mol. The van der Waals surface area contributed by atoms with Gasteiger partial charge in [-0.15, -0.1) is 0 Å². The second kappa shape index (κ2) is 6.71. The van der Waals surface area contributed by atoms with E-state index in [1.807, 2.05) is 25.1 Å². The van der Waals surface area contributed by atoms with Gasteiger partial charge in [-0.3, -0.25) is 4.79 Å². The van der Waals surface area contributed by atoms with Crippen LogP contribution < -0.4 is 10.9 Å². The third-order valence-corrected chi connectivity index (χ3v) is 4.70. The molecule has 6 heteroatoms. The molecule has 3 aromatic rings. The zero-order valence-corrected chi connectivity index (χ0v) is 14.4. The van der Waals surface area contributed by atoms with Gasteiger partial charge in [0.2, 0.25) is 0 Å². The molecule has 0 amide bonds. The summed E-state index contributed by atoms with van der Waals surface area (Å²) in [5, 5.41) is 3.37. The van der Waals surface area contributed by atoms with Crippen molar-refractivity contribution in [1.29, 1.82) is 0 Å². The molecule has 2 aromatic heterocycles. The number of halogens is 1. The van der Waals surface area contributed by atoms with Crippen LogP contribution >= 0.6 is 0 Å². The summed E-state index contributed by atoms with van der Waals surface area (Å²) in [6, 6.07) is 10.2. The van der Waals surface area contributed by atoms with Gasteiger partial charge >= 0.3 is 0 Å². The minimum absolute atomic E-state index is 0.0559. The van der Waals surface area contributed by atoms with Gasteiger partial charge < -0.3 is 10.3 Å². The van der Waals surface area contributed by atoms with Gasteiger partial charge in [0, 0.05) is 23.5 Å². The summed E-state index contributed by atoms with van der Waals surface area (Å²) >= 11 is 0. The highest BCUT2D eigenvalue weighted by molar-refractivity contribution is 5.56. The van der Waals surface area contributed by atoms with E-state index in [1.165, 1.54) is 17.7 Å². The Morgan fingerprint density at radius 3 is 2.92 bits per heavy atom. The smallest absolute Gasteiger partial charge is 0.251 e. The largest absolute Gasteiger partial charge is 0.363 e. The summed E-state index contributed by atoms with van der Waals surface area (Å²) < 4.78 is 13.5. The lowest BCUT2D eigenvalue weighted by atomic mass is 10.1. The Bertz CT molecular complexity index is 997. The fourth-order valence-electron chi connectivity index (χ4n) is 3.35. The van der Waals surface area contributed by atoms with Crippen molar-refractivity contribution in [1.82, 2.24) is 15.0 Å².